The van der Waals surface area contributed by atoms with Crippen molar-refractivity contribution in [1.29, 1.82) is 0 Å². The molecule has 0 bridgehead atoms. The SMILES string of the molecule is Cc1nc(NC(=O)CSc2nc(COc3ccccc3)nc3ccccc23)sc1C. The molecule has 4 aromatic rings. The molecule has 0 saturated heterocycles. The van der Waals surface area contributed by atoms with Crippen molar-refractivity contribution in [3.63, 3.8) is 0 Å². The van der Waals surface area contributed by atoms with Gasteiger partial charge < -0.3 is 10.1 Å². The Morgan fingerprint density at radius 1 is 1.03 bits per heavy atom. The molecule has 2 aromatic heterocycles. The highest BCUT2D eigenvalue weighted by Gasteiger charge is 2.13. The van der Waals surface area contributed by atoms with Gasteiger partial charge in [0.2, 0.25) is 5.91 Å². The number of thiazole rings is 1. The van der Waals surface area contributed by atoms with Crippen LogP contribution in [0.25, 0.3) is 10.9 Å². The van der Waals surface area contributed by atoms with E-state index in [1.165, 1.54) is 23.1 Å². The number of nitrogens with zero attached hydrogens (tertiary/aromatic N) is 3. The number of para-hydroxylation sites is 2. The molecule has 8 heteroatoms. The summed E-state index contributed by atoms with van der Waals surface area (Å²) in [5, 5.41) is 5.16. The molecule has 0 radical (unpaired) electrons. The minimum atomic E-state index is -0.112. The lowest BCUT2D eigenvalue weighted by atomic mass is 10.2. The molecule has 0 atom stereocenters. The molecule has 6 nitrogen and oxygen atoms in total. The number of anilines is 1. The summed E-state index contributed by atoms with van der Waals surface area (Å²) in [4.78, 5) is 27.1. The third-order valence-electron chi connectivity index (χ3n) is 4.34. The molecule has 0 spiro atoms. The number of ether oxygens (including phenoxy) is 1. The number of rotatable bonds is 7. The number of aromatic nitrogens is 3. The molecule has 0 saturated carbocycles. The van der Waals surface area contributed by atoms with E-state index in [4.69, 9.17) is 4.74 Å². The zero-order valence-electron chi connectivity index (χ0n) is 16.6. The van der Waals surface area contributed by atoms with E-state index in [1.54, 1.807) is 0 Å². The van der Waals surface area contributed by atoms with Gasteiger partial charge in [-0.1, -0.05) is 48.2 Å². The van der Waals surface area contributed by atoms with Gasteiger partial charge in [0.05, 0.1) is 17.0 Å². The van der Waals surface area contributed by atoms with Gasteiger partial charge in [-0.25, -0.2) is 15.0 Å². The number of nitrogens with one attached hydrogen (secondary N) is 1. The Balaban J connectivity index is 1.48. The predicted molar refractivity (Wildman–Crippen MR) is 121 cm³/mol. The molecule has 0 aliphatic carbocycles. The average molecular weight is 437 g/mol. The Morgan fingerprint density at radius 3 is 2.57 bits per heavy atom. The van der Waals surface area contributed by atoms with E-state index in [9.17, 15) is 4.79 Å². The second-order valence-corrected chi connectivity index (χ2v) is 8.73. The maximum atomic E-state index is 12.4. The fourth-order valence-corrected chi connectivity index (χ4v) is 4.42. The Morgan fingerprint density at radius 2 is 1.80 bits per heavy atom. The van der Waals surface area contributed by atoms with Crippen LogP contribution in [-0.2, 0) is 11.4 Å². The standard InChI is InChI=1S/C22H20N4O2S2/c1-14-15(2)30-22(23-14)26-20(27)13-29-21-17-10-6-7-11-18(17)24-19(25-21)12-28-16-8-4-3-5-9-16/h3-11H,12-13H2,1-2H3,(H,23,26,27). The Bertz CT molecular complexity index is 1160. The monoisotopic (exact) mass is 436 g/mol. The summed E-state index contributed by atoms with van der Waals surface area (Å²) in [6, 6.07) is 17.3. The summed E-state index contributed by atoms with van der Waals surface area (Å²) in [7, 11) is 0. The van der Waals surface area contributed by atoms with Gasteiger partial charge in [0.25, 0.3) is 0 Å². The number of carbonyl (C=O) groups excluding carboxylic acids is 1. The molecule has 0 aliphatic heterocycles. The van der Waals surface area contributed by atoms with E-state index in [-0.39, 0.29) is 18.3 Å². The minimum Gasteiger partial charge on any atom is -0.486 e. The van der Waals surface area contributed by atoms with E-state index in [1.807, 2.05) is 68.4 Å². The third kappa shape index (κ3) is 4.95. The number of fused-ring (bicyclic) bond motifs is 1. The van der Waals surface area contributed by atoms with E-state index in [0.29, 0.717) is 11.0 Å². The molecule has 30 heavy (non-hydrogen) atoms. The fourth-order valence-electron chi connectivity index (χ4n) is 2.75. The van der Waals surface area contributed by atoms with Crippen LogP contribution in [0.3, 0.4) is 0 Å². The summed E-state index contributed by atoms with van der Waals surface area (Å²) in [6.07, 6.45) is 0. The molecule has 0 aliphatic rings. The van der Waals surface area contributed by atoms with Crippen molar-refractivity contribution in [2.45, 2.75) is 25.5 Å². The van der Waals surface area contributed by atoms with Crippen molar-refractivity contribution in [2.75, 3.05) is 11.1 Å². The highest BCUT2D eigenvalue weighted by Crippen LogP contribution is 2.26. The molecular weight excluding hydrogens is 416 g/mol. The lowest BCUT2D eigenvalue weighted by Gasteiger charge is -2.09. The second kappa shape index (κ2) is 9.23. The van der Waals surface area contributed by atoms with Crippen LogP contribution >= 0.6 is 23.1 Å². The summed E-state index contributed by atoms with van der Waals surface area (Å²) in [6.45, 7) is 4.18. The van der Waals surface area contributed by atoms with Crippen molar-refractivity contribution in [2.24, 2.45) is 0 Å². The molecule has 2 heterocycles. The van der Waals surface area contributed by atoms with Crippen LogP contribution in [-0.4, -0.2) is 26.6 Å². The first kappa shape index (κ1) is 20.3. The maximum Gasteiger partial charge on any atom is 0.236 e. The normalized spacial score (nSPS) is 10.9. The number of hydrogen-bond donors (Lipinski definition) is 1. The summed E-state index contributed by atoms with van der Waals surface area (Å²) in [5.41, 5.74) is 1.76. The summed E-state index contributed by atoms with van der Waals surface area (Å²) in [5.74, 6) is 1.46. The van der Waals surface area contributed by atoms with Crippen LogP contribution in [0.1, 0.15) is 16.4 Å². The van der Waals surface area contributed by atoms with Gasteiger partial charge in [0.1, 0.15) is 17.4 Å². The summed E-state index contributed by atoms with van der Waals surface area (Å²) < 4.78 is 5.79. The zero-order chi connectivity index (χ0) is 20.9. The van der Waals surface area contributed by atoms with Crippen molar-refractivity contribution in [3.05, 3.63) is 71.0 Å². The van der Waals surface area contributed by atoms with Crippen molar-refractivity contribution >= 4 is 45.0 Å². The predicted octanol–water partition coefficient (Wildman–Crippen LogP) is 5.01. The molecule has 4 rings (SSSR count). The van der Waals surface area contributed by atoms with E-state index in [0.717, 1.165) is 32.2 Å². The highest BCUT2D eigenvalue weighted by atomic mass is 32.2. The van der Waals surface area contributed by atoms with E-state index in [2.05, 4.69) is 20.3 Å². The molecule has 152 valence electrons. The lowest BCUT2D eigenvalue weighted by Crippen LogP contribution is -2.14. The molecule has 1 amide bonds. The zero-order valence-corrected chi connectivity index (χ0v) is 18.2. The van der Waals surface area contributed by atoms with Gasteiger partial charge in [-0.05, 0) is 32.0 Å². The molecular formula is C22H20N4O2S2. The lowest BCUT2D eigenvalue weighted by molar-refractivity contribution is -0.113. The van der Waals surface area contributed by atoms with Gasteiger partial charge in [-0.3, -0.25) is 4.79 Å². The minimum absolute atomic E-state index is 0.112. The van der Waals surface area contributed by atoms with Crippen LogP contribution in [0.4, 0.5) is 5.13 Å². The molecule has 0 fully saturated rings. The topological polar surface area (TPSA) is 77.0 Å². The van der Waals surface area contributed by atoms with Crippen molar-refractivity contribution < 1.29 is 9.53 Å². The number of benzene rings is 2. The number of thioether (sulfide) groups is 1. The smallest absolute Gasteiger partial charge is 0.236 e. The molecule has 1 N–H and O–H groups in total. The van der Waals surface area contributed by atoms with Crippen molar-refractivity contribution in [1.82, 2.24) is 15.0 Å². The fraction of sp³-hybridized carbons (Fsp3) is 0.182. The number of amides is 1. The summed E-state index contributed by atoms with van der Waals surface area (Å²) >= 11 is 2.86. The average Bonchev–Trinajstić information content (AvgIpc) is 3.07. The first-order valence-corrected chi connectivity index (χ1v) is 11.2. The number of hydrogen-bond acceptors (Lipinski definition) is 7. The molecule has 2 aromatic carbocycles. The van der Waals surface area contributed by atoms with Crippen LogP contribution in [0, 0.1) is 13.8 Å². The number of carbonyl (C=O) groups is 1. The Kier molecular flexibility index (Phi) is 6.25. The Labute approximate surface area is 182 Å². The van der Waals surface area contributed by atoms with Gasteiger partial charge in [0, 0.05) is 10.3 Å². The largest absolute Gasteiger partial charge is 0.486 e. The Hall–Kier alpha value is -2.97. The van der Waals surface area contributed by atoms with Crippen LogP contribution in [0.15, 0.2) is 59.6 Å². The van der Waals surface area contributed by atoms with Crippen LogP contribution < -0.4 is 10.1 Å². The van der Waals surface area contributed by atoms with E-state index < -0.39 is 0 Å². The second-order valence-electron chi connectivity index (χ2n) is 6.56. The van der Waals surface area contributed by atoms with Crippen LogP contribution in [0.5, 0.6) is 5.75 Å². The number of aryl methyl sites for hydroxylation is 2. The quantitative estimate of drug-likeness (QED) is 0.324. The van der Waals surface area contributed by atoms with Gasteiger partial charge in [-0.2, -0.15) is 0 Å². The van der Waals surface area contributed by atoms with Gasteiger partial charge in [0.15, 0.2) is 11.0 Å². The van der Waals surface area contributed by atoms with Gasteiger partial charge >= 0.3 is 0 Å². The van der Waals surface area contributed by atoms with Crippen molar-refractivity contribution in [3.8, 4) is 5.75 Å². The highest BCUT2D eigenvalue weighted by molar-refractivity contribution is 8.00. The molecule has 0 unspecified atom stereocenters. The first-order valence-electron chi connectivity index (χ1n) is 9.38. The maximum absolute atomic E-state index is 12.4. The van der Waals surface area contributed by atoms with E-state index >= 15 is 0 Å². The van der Waals surface area contributed by atoms with Gasteiger partial charge in [-0.15, -0.1) is 11.3 Å². The first-order chi connectivity index (χ1) is 14.6. The van der Waals surface area contributed by atoms with Crippen LogP contribution in [0.2, 0.25) is 0 Å². The third-order valence-corrected chi connectivity index (χ3v) is 6.32.